The summed E-state index contributed by atoms with van der Waals surface area (Å²) >= 11 is 0. The van der Waals surface area contributed by atoms with Gasteiger partial charge in [-0.05, 0) is 12.8 Å². The van der Waals surface area contributed by atoms with Gasteiger partial charge in [-0.25, -0.2) is 0 Å². The Balaban J connectivity index is 0.00000225. The van der Waals surface area contributed by atoms with Crippen molar-refractivity contribution < 1.29 is 4.74 Å². The zero-order chi connectivity index (χ0) is 18.6. The third kappa shape index (κ3) is 4.65. The van der Waals surface area contributed by atoms with Crippen LogP contribution in [0.3, 0.4) is 0 Å². The van der Waals surface area contributed by atoms with E-state index in [9.17, 15) is 0 Å². The van der Waals surface area contributed by atoms with Crippen LogP contribution in [0.4, 0.5) is 0 Å². The van der Waals surface area contributed by atoms with Gasteiger partial charge in [-0.3, -0.25) is 9.67 Å². The molecule has 2 aliphatic rings. The lowest BCUT2D eigenvalue weighted by Crippen LogP contribution is -2.48. The van der Waals surface area contributed by atoms with Crippen LogP contribution in [0.1, 0.15) is 42.6 Å². The smallest absolute Gasteiger partial charge is 0.194 e. The first kappa shape index (κ1) is 21.0. The second kappa shape index (κ2) is 9.68. The fourth-order valence-corrected chi connectivity index (χ4v) is 3.82. The van der Waals surface area contributed by atoms with E-state index in [2.05, 4.69) is 35.1 Å². The van der Waals surface area contributed by atoms with Crippen LogP contribution < -0.4 is 5.32 Å². The molecule has 0 amide bonds. The van der Waals surface area contributed by atoms with Crippen LogP contribution in [0.15, 0.2) is 17.4 Å². The Labute approximate surface area is 182 Å². The maximum atomic E-state index is 5.94. The molecule has 10 heteroatoms. The number of aromatic nitrogens is 5. The van der Waals surface area contributed by atoms with Gasteiger partial charge in [-0.2, -0.15) is 5.10 Å². The van der Waals surface area contributed by atoms with E-state index in [-0.39, 0.29) is 30.1 Å². The topological polar surface area (TPSA) is 85.4 Å². The van der Waals surface area contributed by atoms with E-state index in [0.717, 1.165) is 49.2 Å². The molecule has 2 aliphatic heterocycles. The van der Waals surface area contributed by atoms with Crippen molar-refractivity contribution in [3.8, 4) is 0 Å². The number of rotatable bonds is 3. The monoisotopic (exact) mass is 500 g/mol. The third-order valence-electron chi connectivity index (χ3n) is 5.27. The summed E-state index contributed by atoms with van der Waals surface area (Å²) in [6, 6.07) is 0. The number of aliphatic imine (C=N–C) groups is 1. The number of fused-ring (bicyclic) bond motifs is 1. The number of halogens is 1. The molecular weight excluding hydrogens is 471 g/mol. The van der Waals surface area contributed by atoms with E-state index in [1.165, 1.54) is 19.3 Å². The van der Waals surface area contributed by atoms with Gasteiger partial charge in [0.25, 0.3) is 0 Å². The summed E-state index contributed by atoms with van der Waals surface area (Å²) in [4.78, 5) is 6.71. The first-order chi connectivity index (χ1) is 13.2. The highest BCUT2D eigenvalue weighted by Crippen LogP contribution is 2.21. The van der Waals surface area contributed by atoms with Crippen molar-refractivity contribution in [1.29, 1.82) is 0 Å². The average Bonchev–Trinajstić information content (AvgIpc) is 3.21. The molecule has 0 aromatic carbocycles. The van der Waals surface area contributed by atoms with Crippen LogP contribution in [0.5, 0.6) is 0 Å². The summed E-state index contributed by atoms with van der Waals surface area (Å²) in [5.41, 5.74) is 1.10. The molecule has 0 saturated carbocycles. The lowest BCUT2D eigenvalue weighted by atomic mass is 10.1. The van der Waals surface area contributed by atoms with Gasteiger partial charge < -0.3 is 19.5 Å². The van der Waals surface area contributed by atoms with Crippen molar-refractivity contribution >= 4 is 29.9 Å². The van der Waals surface area contributed by atoms with Crippen LogP contribution in [-0.2, 0) is 31.3 Å². The minimum atomic E-state index is 0. The van der Waals surface area contributed by atoms with Crippen LogP contribution in [0, 0.1) is 0 Å². The molecule has 0 bridgehead atoms. The van der Waals surface area contributed by atoms with Crippen molar-refractivity contribution in [3.05, 3.63) is 29.6 Å². The van der Waals surface area contributed by atoms with Gasteiger partial charge in [-0.15, -0.1) is 34.2 Å². The molecule has 154 valence electrons. The molecule has 0 aliphatic carbocycles. The highest BCUT2D eigenvalue weighted by Gasteiger charge is 2.25. The molecule has 1 atom stereocenters. The summed E-state index contributed by atoms with van der Waals surface area (Å²) in [5.74, 6) is 2.98. The highest BCUT2D eigenvalue weighted by molar-refractivity contribution is 14.0. The molecule has 1 saturated heterocycles. The van der Waals surface area contributed by atoms with Crippen LogP contribution in [-0.4, -0.2) is 62.1 Å². The van der Waals surface area contributed by atoms with Crippen molar-refractivity contribution in [1.82, 2.24) is 34.8 Å². The molecular formula is C18H29IN8O. The minimum absolute atomic E-state index is 0. The number of ether oxygens (including phenoxy) is 1. The van der Waals surface area contributed by atoms with Gasteiger partial charge in [0.2, 0.25) is 0 Å². The van der Waals surface area contributed by atoms with Gasteiger partial charge in [0, 0.05) is 45.4 Å². The Kier molecular flexibility index (Phi) is 7.27. The molecule has 2 aromatic heterocycles. The predicted molar refractivity (Wildman–Crippen MR) is 117 cm³/mol. The normalized spacial score (nSPS) is 20.3. The second-order valence-corrected chi connectivity index (χ2v) is 7.15. The Morgan fingerprint density at radius 3 is 2.96 bits per heavy atom. The van der Waals surface area contributed by atoms with Crippen molar-refractivity contribution in [3.63, 3.8) is 0 Å². The minimum Gasteiger partial charge on any atom is -0.370 e. The van der Waals surface area contributed by atoms with Crippen molar-refractivity contribution in [2.24, 2.45) is 12.0 Å². The zero-order valence-electron chi connectivity index (χ0n) is 16.5. The van der Waals surface area contributed by atoms with Gasteiger partial charge in [0.1, 0.15) is 11.9 Å². The predicted octanol–water partition coefficient (Wildman–Crippen LogP) is 1.50. The average molecular weight is 500 g/mol. The van der Waals surface area contributed by atoms with E-state index in [4.69, 9.17) is 4.74 Å². The number of morpholine rings is 1. The molecule has 1 fully saturated rings. The number of nitrogens with zero attached hydrogens (tertiary/aromatic N) is 7. The summed E-state index contributed by atoms with van der Waals surface area (Å²) in [5, 5.41) is 16.5. The SMILES string of the molecule is CN=C(NCc1nnc2n1CCCCC2)N1CCOC(c2cnn(C)c2)C1.I. The number of hydrogen-bond acceptors (Lipinski definition) is 5. The van der Waals surface area contributed by atoms with E-state index in [0.29, 0.717) is 13.2 Å². The summed E-state index contributed by atoms with van der Waals surface area (Å²) in [6.45, 7) is 3.88. The molecule has 1 N–H and O–H groups in total. The molecule has 1 unspecified atom stereocenters. The Morgan fingerprint density at radius 2 is 2.18 bits per heavy atom. The zero-order valence-corrected chi connectivity index (χ0v) is 18.9. The van der Waals surface area contributed by atoms with Crippen LogP contribution in [0.2, 0.25) is 0 Å². The first-order valence-corrected chi connectivity index (χ1v) is 9.71. The molecule has 4 rings (SSSR count). The maximum Gasteiger partial charge on any atom is 0.194 e. The standard InChI is InChI=1S/C18H28N8O.HI/c1-19-18(20-11-17-23-22-16-6-4-3-5-7-26(16)17)25-8-9-27-15(13-25)14-10-21-24(2)12-14;/h10,12,15H,3-9,11,13H2,1-2H3,(H,19,20);1H. The largest absolute Gasteiger partial charge is 0.370 e. The summed E-state index contributed by atoms with van der Waals surface area (Å²) < 4.78 is 10.0. The lowest BCUT2D eigenvalue weighted by molar-refractivity contribution is -0.00806. The van der Waals surface area contributed by atoms with Gasteiger partial charge >= 0.3 is 0 Å². The van der Waals surface area contributed by atoms with Gasteiger partial charge in [-0.1, -0.05) is 6.42 Å². The van der Waals surface area contributed by atoms with Gasteiger partial charge in [0.05, 0.1) is 25.9 Å². The maximum absolute atomic E-state index is 5.94. The fourth-order valence-electron chi connectivity index (χ4n) is 3.82. The van der Waals surface area contributed by atoms with E-state index >= 15 is 0 Å². The molecule has 4 heterocycles. The number of nitrogens with one attached hydrogen (secondary N) is 1. The molecule has 0 radical (unpaired) electrons. The molecule has 0 spiro atoms. The van der Waals surface area contributed by atoms with E-state index in [1.807, 2.05) is 31.2 Å². The summed E-state index contributed by atoms with van der Waals surface area (Å²) in [7, 11) is 3.74. The van der Waals surface area contributed by atoms with Crippen LogP contribution in [0.25, 0.3) is 0 Å². The lowest BCUT2D eigenvalue weighted by Gasteiger charge is -2.34. The number of hydrogen-bond donors (Lipinski definition) is 1. The third-order valence-corrected chi connectivity index (χ3v) is 5.27. The van der Waals surface area contributed by atoms with E-state index < -0.39 is 0 Å². The quantitative estimate of drug-likeness (QED) is 0.391. The van der Waals surface area contributed by atoms with Crippen molar-refractivity contribution in [2.45, 2.75) is 44.9 Å². The molecule has 28 heavy (non-hydrogen) atoms. The number of guanidine groups is 1. The van der Waals surface area contributed by atoms with E-state index in [1.54, 1.807) is 0 Å². The second-order valence-electron chi connectivity index (χ2n) is 7.15. The molecule has 2 aromatic rings. The highest BCUT2D eigenvalue weighted by atomic mass is 127. The first-order valence-electron chi connectivity index (χ1n) is 9.71. The van der Waals surface area contributed by atoms with Crippen LogP contribution >= 0.6 is 24.0 Å². The number of aryl methyl sites for hydroxylation is 2. The van der Waals surface area contributed by atoms with Gasteiger partial charge in [0.15, 0.2) is 11.8 Å². The summed E-state index contributed by atoms with van der Waals surface area (Å²) in [6.07, 6.45) is 8.58. The Morgan fingerprint density at radius 1 is 1.29 bits per heavy atom. The Bertz CT molecular complexity index is 801. The van der Waals surface area contributed by atoms with Crippen molar-refractivity contribution in [2.75, 3.05) is 26.7 Å². The fraction of sp³-hybridized carbons (Fsp3) is 0.667. The Hall–Kier alpha value is -1.69. The molecule has 9 nitrogen and oxygen atoms in total.